The number of aromatic amines is 1. The number of carboxylic acid groups (broad SMARTS) is 1. The van der Waals surface area contributed by atoms with Gasteiger partial charge in [0.25, 0.3) is 5.97 Å². The predicted molar refractivity (Wildman–Crippen MR) is 105 cm³/mol. The number of fused-ring (bicyclic) bond motifs is 1. The van der Waals surface area contributed by atoms with E-state index >= 15 is 0 Å². The van der Waals surface area contributed by atoms with Crippen LogP contribution in [0.3, 0.4) is 0 Å². The van der Waals surface area contributed by atoms with E-state index < -0.39 is 5.97 Å². The molecule has 0 amide bonds. The number of ether oxygens (including phenoxy) is 1. The summed E-state index contributed by atoms with van der Waals surface area (Å²) in [5.41, 5.74) is 10.5. The molecule has 1 heterocycles. The number of methoxy groups -OCH3 is 1. The van der Waals surface area contributed by atoms with Gasteiger partial charge in [-0.2, -0.15) is 5.10 Å². The van der Waals surface area contributed by atoms with Crippen molar-refractivity contribution in [2.24, 2.45) is 15.8 Å². The molecule has 142 valence electrons. The second kappa shape index (κ2) is 11.5. The molecule has 0 radical (unpaired) electrons. The molecule has 0 aliphatic rings. The third kappa shape index (κ3) is 7.69. The second-order valence-electron chi connectivity index (χ2n) is 5.52. The summed E-state index contributed by atoms with van der Waals surface area (Å²) in [7, 11) is 1.65. The molecule has 0 fully saturated rings. The molecule has 0 saturated heterocycles. The minimum absolute atomic E-state index is 0.338. The first-order valence-corrected chi connectivity index (χ1v) is 8.41. The van der Waals surface area contributed by atoms with Crippen molar-refractivity contribution in [3.63, 3.8) is 0 Å². The molecule has 0 atom stereocenters. The minimum Gasteiger partial charge on any atom is -0.497 e. The number of nitrogens with two attached hydrogens (primary N) is 1. The lowest BCUT2D eigenvalue weighted by Gasteiger charge is -2.00. The Morgan fingerprint density at radius 2 is 2.15 bits per heavy atom. The van der Waals surface area contributed by atoms with Crippen molar-refractivity contribution in [2.75, 3.05) is 13.7 Å². The number of aromatic nitrogens is 1. The van der Waals surface area contributed by atoms with Crippen molar-refractivity contribution in [1.29, 1.82) is 0 Å². The van der Waals surface area contributed by atoms with Crippen molar-refractivity contribution >= 4 is 29.0 Å². The monoisotopic (exact) mass is 361 g/mol. The van der Waals surface area contributed by atoms with Crippen LogP contribution in [0, 0.1) is 0 Å². The third-order valence-electron chi connectivity index (χ3n) is 3.35. The normalized spacial score (nSPS) is 11.3. The number of aliphatic carboxylic acids is 1. The van der Waals surface area contributed by atoms with Gasteiger partial charge in [0, 0.05) is 36.1 Å². The van der Waals surface area contributed by atoms with E-state index in [1.54, 1.807) is 13.3 Å². The first-order valence-electron chi connectivity index (χ1n) is 8.41. The topological polar surface area (TPSA) is 125 Å². The molecule has 0 spiro atoms. The number of H-pyrrole nitrogens is 1. The van der Waals surface area contributed by atoms with Gasteiger partial charge in [0.05, 0.1) is 13.3 Å². The summed E-state index contributed by atoms with van der Waals surface area (Å²) in [6.45, 7) is 3.97. The average Bonchev–Trinajstić information content (AvgIpc) is 3.00. The lowest BCUT2D eigenvalue weighted by molar-refractivity contribution is -0.134. The van der Waals surface area contributed by atoms with Crippen LogP contribution in [0.5, 0.6) is 5.75 Å². The van der Waals surface area contributed by atoms with Crippen LogP contribution in [0.25, 0.3) is 10.9 Å². The van der Waals surface area contributed by atoms with Crippen molar-refractivity contribution < 1.29 is 14.6 Å². The second-order valence-corrected chi connectivity index (χ2v) is 5.52. The number of carbonyl (C=O) groups is 1. The molecule has 2 rings (SSSR count). The first kappa shape index (κ1) is 21.0. The minimum atomic E-state index is -0.833. The lowest BCUT2D eigenvalue weighted by atomic mass is 10.2. The number of carboxylic acids is 1. The van der Waals surface area contributed by atoms with Gasteiger partial charge in [-0.1, -0.05) is 19.8 Å². The summed E-state index contributed by atoms with van der Waals surface area (Å²) in [5.74, 6) is 0.316. The van der Waals surface area contributed by atoms with E-state index in [1.807, 2.05) is 24.4 Å². The smallest absolute Gasteiger partial charge is 0.300 e. The van der Waals surface area contributed by atoms with Gasteiger partial charge in [-0.3, -0.25) is 9.79 Å². The number of guanidine groups is 1. The largest absolute Gasteiger partial charge is 0.497 e. The van der Waals surface area contributed by atoms with Gasteiger partial charge in [0.2, 0.25) is 5.96 Å². The third-order valence-corrected chi connectivity index (χ3v) is 3.35. The first-order chi connectivity index (χ1) is 12.5. The van der Waals surface area contributed by atoms with Crippen molar-refractivity contribution in [2.45, 2.75) is 33.1 Å². The Hall–Kier alpha value is -3.03. The number of nitrogens with one attached hydrogen (secondary N) is 2. The number of hydrogen-bond donors (Lipinski definition) is 4. The zero-order valence-corrected chi connectivity index (χ0v) is 15.5. The van der Waals surface area contributed by atoms with E-state index in [0.29, 0.717) is 5.96 Å². The van der Waals surface area contributed by atoms with E-state index in [1.165, 1.54) is 6.42 Å². The maximum absolute atomic E-state index is 9.00. The number of hydrazone groups is 1. The number of hydrogen-bond acceptors (Lipinski definition) is 4. The van der Waals surface area contributed by atoms with E-state index in [2.05, 4.69) is 27.4 Å². The van der Waals surface area contributed by atoms with Gasteiger partial charge in [-0.15, -0.1) is 0 Å². The molecule has 1 aromatic carbocycles. The summed E-state index contributed by atoms with van der Waals surface area (Å²) in [6, 6.07) is 5.86. The fourth-order valence-electron chi connectivity index (χ4n) is 2.12. The summed E-state index contributed by atoms with van der Waals surface area (Å²) in [4.78, 5) is 16.4. The highest BCUT2D eigenvalue weighted by molar-refractivity contribution is 5.99. The van der Waals surface area contributed by atoms with Crippen molar-refractivity contribution in [3.05, 3.63) is 30.0 Å². The molecule has 1 aromatic heterocycles. The number of benzene rings is 1. The van der Waals surface area contributed by atoms with Gasteiger partial charge < -0.3 is 20.6 Å². The molecule has 5 N–H and O–H groups in total. The van der Waals surface area contributed by atoms with Crippen LogP contribution in [0.1, 0.15) is 38.7 Å². The van der Waals surface area contributed by atoms with Gasteiger partial charge in [0.1, 0.15) is 5.75 Å². The van der Waals surface area contributed by atoms with E-state index in [4.69, 9.17) is 20.4 Å². The van der Waals surface area contributed by atoms with Crippen LogP contribution in [0.4, 0.5) is 0 Å². The Morgan fingerprint density at radius 3 is 2.81 bits per heavy atom. The highest BCUT2D eigenvalue weighted by Crippen LogP contribution is 2.22. The Bertz CT molecular complexity index is 748. The highest BCUT2D eigenvalue weighted by Gasteiger charge is 2.03. The molecular weight excluding hydrogens is 334 g/mol. The van der Waals surface area contributed by atoms with Crippen molar-refractivity contribution in [3.8, 4) is 5.75 Å². The van der Waals surface area contributed by atoms with Crippen LogP contribution in [0.2, 0.25) is 0 Å². The Balaban J connectivity index is 0.000000765. The molecule has 0 aliphatic carbocycles. The molecule has 0 bridgehead atoms. The zero-order chi connectivity index (χ0) is 19.4. The highest BCUT2D eigenvalue weighted by atomic mass is 16.5. The SMILES string of the molecule is CC(=O)O.CCCCCN=C(N)N/N=C\c1c[nH]c2ccc(OC)cc12. The quantitative estimate of drug-likeness (QED) is 0.261. The van der Waals surface area contributed by atoms with Crippen LogP contribution in [0.15, 0.2) is 34.5 Å². The summed E-state index contributed by atoms with van der Waals surface area (Å²) < 4.78 is 5.24. The molecule has 8 heteroatoms. The van der Waals surface area contributed by atoms with Crippen LogP contribution < -0.4 is 15.9 Å². The van der Waals surface area contributed by atoms with Crippen molar-refractivity contribution in [1.82, 2.24) is 10.4 Å². The van der Waals surface area contributed by atoms with Gasteiger partial charge in [-0.05, 0) is 24.6 Å². The fraction of sp³-hybridized carbons (Fsp3) is 0.389. The van der Waals surface area contributed by atoms with Crippen LogP contribution in [-0.2, 0) is 4.79 Å². The lowest BCUT2D eigenvalue weighted by Crippen LogP contribution is -2.27. The fourth-order valence-corrected chi connectivity index (χ4v) is 2.12. The average molecular weight is 361 g/mol. The van der Waals surface area contributed by atoms with Gasteiger partial charge in [0.15, 0.2) is 0 Å². The summed E-state index contributed by atoms with van der Waals surface area (Å²) in [5, 5.41) is 12.6. The Labute approximate surface area is 153 Å². The maximum atomic E-state index is 9.00. The molecular formula is C18H27N5O3. The molecule has 8 nitrogen and oxygen atoms in total. The summed E-state index contributed by atoms with van der Waals surface area (Å²) in [6.07, 6.45) is 6.99. The van der Waals surface area contributed by atoms with E-state index in [-0.39, 0.29) is 0 Å². The number of nitrogens with zero attached hydrogens (tertiary/aromatic N) is 2. The standard InChI is InChI=1S/C16H23N5O.C2H4O2/c1-3-4-5-8-18-16(17)21-20-11-12-10-19-15-7-6-13(22-2)9-14(12)15;1-2(3)4/h6-7,9-11,19H,3-5,8H2,1-2H3,(H3,17,18,21);1H3,(H,3,4)/b20-11-;. The molecule has 2 aromatic rings. The maximum Gasteiger partial charge on any atom is 0.300 e. The summed E-state index contributed by atoms with van der Waals surface area (Å²) >= 11 is 0. The molecule has 0 aliphatic heterocycles. The Kier molecular flexibility index (Phi) is 9.30. The molecule has 26 heavy (non-hydrogen) atoms. The van der Waals surface area contributed by atoms with Gasteiger partial charge in [-0.25, -0.2) is 5.43 Å². The number of rotatable bonds is 7. The number of unbranched alkanes of at least 4 members (excludes halogenated alkanes) is 2. The van der Waals surface area contributed by atoms with Gasteiger partial charge >= 0.3 is 0 Å². The van der Waals surface area contributed by atoms with E-state index in [0.717, 1.165) is 48.5 Å². The molecule has 0 saturated carbocycles. The predicted octanol–water partition coefficient (Wildman–Crippen LogP) is 2.70. The van der Waals surface area contributed by atoms with E-state index in [9.17, 15) is 0 Å². The van der Waals surface area contributed by atoms with Crippen LogP contribution >= 0.6 is 0 Å². The Morgan fingerprint density at radius 1 is 1.42 bits per heavy atom. The number of aliphatic imine (C=N–C) groups is 1. The zero-order valence-electron chi connectivity index (χ0n) is 15.5. The van der Waals surface area contributed by atoms with Crippen LogP contribution in [-0.4, -0.2) is 41.9 Å². The molecule has 0 unspecified atom stereocenters.